The first-order valence-electron chi connectivity index (χ1n) is 8.63. The molecule has 0 spiro atoms. The van der Waals surface area contributed by atoms with Crippen molar-refractivity contribution in [1.82, 2.24) is 0 Å². The Labute approximate surface area is 151 Å². The van der Waals surface area contributed by atoms with E-state index < -0.39 is 0 Å². The third kappa shape index (κ3) is 2.67. The second kappa shape index (κ2) is 6.45. The van der Waals surface area contributed by atoms with Gasteiger partial charge in [0.05, 0.1) is 11.8 Å². The number of thiophene rings is 1. The Balaban J connectivity index is 1.97. The predicted molar refractivity (Wildman–Crippen MR) is 101 cm³/mol. The van der Waals surface area contributed by atoms with Gasteiger partial charge in [0.15, 0.2) is 0 Å². The number of amides is 1. The van der Waals surface area contributed by atoms with Crippen molar-refractivity contribution in [2.45, 2.75) is 32.6 Å². The maximum Gasteiger partial charge on any atom is 0.250 e. The molecule has 4 rings (SSSR count). The van der Waals surface area contributed by atoms with Crippen LogP contribution in [0.3, 0.4) is 0 Å². The molecular weight excluding hydrogens is 330 g/mol. The van der Waals surface area contributed by atoms with Crippen molar-refractivity contribution in [2.75, 3.05) is 18.0 Å². The number of rotatable bonds is 2. The van der Waals surface area contributed by atoms with Gasteiger partial charge in [-0.1, -0.05) is 24.3 Å². The van der Waals surface area contributed by atoms with Crippen LogP contribution < -0.4 is 4.90 Å². The number of aliphatic imine (C=N–C) groups is 1. The summed E-state index contributed by atoms with van der Waals surface area (Å²) in [6.45, 7) is 2.26. The average molecular weight is 349 g/mol. The molecule has 0 saturated heterocycles. The molecule has 0 bridgehead atoms. The van der Waals surface area contributed by atoms with Gasteiger partial charge in [0.2, 0.25) is 5.91 Å². The number of hydrogen-bond donors (Lipinski definition) is 0. The van der Waals surface area contributed by atoms with E-state index in [1.165, 1.54) is 23.3 Å². The van der Waals surface area contributed by atoms with E-state index in [0.717, 1.165) is 40.2 Å². The van der Waals surface area contributed by atoms with Gasteiger partial charge >= 0.3 is 0 Å². The summed E-state index contributed by atoms with van der Waals surface area (Å²) in [6, 6.07) is 10.3. The number of fused-ring (bicyclic) bond motifs is 3. The summed E-state index contributed by atoms with van der Waals surface area (Å²) in [6.07, 6.45) is 4.45. The van der Waals surface area contributed by atoms with Gasteiger partial charge in [0.1, 0.15) is 18.1 Å². The zero-order valence-corrected chi connectivity index (χ0v) is 15.0. The van der Waals surface area contributed by atoms with Gasteiger partial charge in [0.25, 0.3) is 0 Å². The maximum atomic E-state index is 12.6. The van der Waals surface area contributed by atoms with E-state index in [1.807, 2.05) is 12.1 Å². The Morgan fingerprint density at radius 3 is 2.88 bits per heavy atom. The monoisotopic (exact) mass is 349 g/mol. The fourth-order valence-corrected chi connectivity index (χ4v) is 5.10. The molecule has 1 amide bonds. The summed E-state index contributed by atoms with van der Waals surface area (Å²) < 4.78 is 0. The molecular formula is C20H19N3OS. The fraction of sp³-hybridized carbons (Fsp3) is 0.350. The molecule has 1 aliphatic heterocycles. The molecule has 2 aromatic rings. The average Bonchev–Trinajstić information content (AvgIpc) is 2.94. The van der Waals surface area contributed by atoms with Crippen molar-refractivity contribution < 1.29 is 4.79 Å². The number of carbonyl (C=O) groups excluding carboxylic acids is 1. The lowest BCUT2D eigenvalue weighted by molar-refractivity contribution is -0.117. The minimum atomic E-state index is -0.0926. The molecule has 0 fully saturated rings. The standard InChI is InChI=1S/C20H19N3OS/c1-13-6-2-3-7-14(13)19-18-15-8-4-5-9-16(15)25-20(18)23(11-10-21)17(24)12-22-19/h2-3,6-7H,4-5,8-9,11-12H2,1H3. The van der Waals surface area contributed by atoms with Gasteiger partial charge in [-0.15, -0.1) is 11.3 Å². The van der Waals surface area contributed by atoms with Gasteiger partial charge in [-0.2, -0.15) is 5.26 Å². The number of nitriles is 1. The Bertz CT molecular complexity index is 920. The molecule has 4 nitrogen and oxygen atoms in total. The van der Waals surface area contributed by atoms with Crippen molar-refractivity contribution in [2.24, 2.45) is 4.99 Å². The Morgan fingerprint density at radius 2 is 2.08 bits per heavy atom. The van der Waals surface area contributed by atoms with Crippen molar-refractivity contribution in [3.8, 4) is 6.07 Å². The van der Waals surface area contributed by atoms with Crippen molar-refractivity contribution in [3.63, 3.8) is 0 Å². The SMILES string of the molecule is Cc1ccccc1C1=NCC(=O)N(CC#N)c2sc3c(c21)CCCC3. The number of hydrogen-bond acceptors (Lipinski definition) is 4. The molecule has 126 valence electrons. The first-order chi connectivity index (χ1) is 12.2. The first kappa shape index (κ1) is 16.0. The summed E-state index contributed by atoms with van der Waals surface area (Å²) in [7, 11) is 0. The highest BCUT2D eigenvalue weighted by Crippen LogP contribution is 2.42. The van der Waals surface area contributed by atoms with Crippen LogP contribution >= 0.6 is 11.3 Å². The molecule has 0 radical (unpaired) electrons. The Morgan fingerprint density at radius 1 is 1.28 bits per heavy atom. The van der Waals surface area contributed by atoms with Crippen molar-refractivity contribution in [3.05, 3.63) is 51.4 Å². The maximum absolute atomic E-state index is 12.6. The van der Waals surface area contributed by atoms with Crippen LogP contribution in [0.25, 0.3) is 0 Å². The minimum absolute atomic E-state index is 0.0851. The van der Waals surface area contributed by atoms with Gasteiger partial charge in [-0.05, 0) is 43.7 Å². The van der Waals surface area contributed by atoms with Gasteiger partial charge in [-0.25, -0.2) is 0 Å². The van der Waals surface area contributed by atoms with E-state index in [1.54, 1.807) is 16.2 Å². The molecule has 0 atom stereocenters. The van der Waals surface area contributed by atoms with E-state index in [-0.39, 0.29) is 19.0 Å². The van der Waals surface area contributed by atoms with Crippen LogP contribution in [0.5, 0.6) is 0 Å². The van der Waals surface area contributed by atoms with Crippen LogP contribution in [0, 0.1) is 18.3 Å². The quantitative estimate of drug-likeness (QED) is 0.777. The summed E-state index contributed by atoms with van der Waals surface area (Å²) >= 11 is 1.68. The second-order valence-corrected chi connectivity index (χ2v) is 7.59. The zero-order chi connectivity index (χ0) is 17.4. The van der Waals surface area contributed by atoms with E-state index in [9.17, 15) is 10.1 Å². The van der Waals surface area contributed by atoms with Crippen LogP contribution in [0.2, 0.25) is 0 Å². The smallest absolute Gasteiger partial charge is 0.250 e. The number of benzene rings is 1. The van der Waals surface area contributed by atoms with Crippen LogP contribution in [0.1, 0.15) is 40.0 Å². The van der Waals surface area contributed by atoms with Crippen LogP contribution in [-0.4, -0.2) is 24.7 Å². The van der Waals surface area contributed by atoms with Gasteiger partial charge in [-0.3, -0.25) is 14.7 Å². The number of aryl methyl sites for hydroxylation is 2. The molecule has 0 N–H and O–H groups in total. The second-order valence-electron chi connectivity index (χ2n) is 6.51. The molecule has 1 aromatic heterocycles. The summed E-state index contributed by atoms with van der Waals surface area (Å²) in [5, 5.41) is 10.1. The fourth-order valence-electron chi connectivity index (χ4n) is 3.70. The predicted octanol–water partition coefficient (Wildman–Crippen LogP) is 3.64. The third-order valence-corrected chi connectivity index (χ3v) is 6.25. The minimum Gasteiger partial charge on any atom is -0.288 e. The Kier molecular flexibility index (Phi) is 4.14. The molecule has 1 aliphatic carbocycles. The van der Waals surface area contributed by atoms with Crippen molar-refractivity contribution >= 4 is 28.0 Å². The molecule has 0 saturated carbocycles. The van der Waals surface area contributed by atoms with Crippen LogP contribution in [0.4, 0.5) is 5.00 Å². The largest absolute Gasteiger partial charge is 0.288 e. The summed E-state index contributed by atoms with van der Waals surface area (Å²) in [5.41, 5.74) is 5.59. The molecule has 25 heavy (non-hydrogen) atoms. The van der Waals surface area contributed by atoms with Gasteiger partial charge in [0, 0.05) is 16.0 Å². The van der Waals surface area contributed by atoms with Crippen LogP contribution in [0.15, 0.2) is 29.3 Å². The first-order valence-corrected chi connectivity index (χ1v) is 9.45. The van der Waals surface area contributed by atoms with E-state index in [4.69, 9.17) is 4.99 Å². The number of carbonyl (C=O) groups is 1. The lowest BCUT2D eigenvalue weighted by Gasteiger charge is -2.18. The molecule has 2 aliphatic rings. The van der Waals surface area contributed by atoms with E-state index in [2.05, 4.69) is 25.1 Å². The lowest BCUT2D eigenvalue weighted by Crippen LogP contribution is -2.32. The van der Waals surface area contributed by atoms with Crippen molar-refractivity contribution in [1.29, 1.82) is 5.26 Å². The molecule has 5 heteroatoms. The van der Waals surface area contributed by atoms with Gasteiger partial charge < -0.3 is 0 Å². The van der Waals surface area contributed by atoms with E-state index >= 15 is 0 Å². The van der Waals surface area contributed by atoms with E-state index in [0.29, 0.717) is 0 Å². The highest BCUT2D eigenvalue weighted by molar-refractivity contribution is 7.17. The lowest BCUT2D eigenvalue weighted by atomic mass is 9.90. The highest BCUT2D eigenvalue weighted by atomic mass is 32.1. The highest BCUT2D eigenvalue weighted by Gasteiger charge is 2.32. The topological polar surface area (TPSA) is 56.5 Å². The number of anilines is 1. The number of nitrogens with zero attached hydrogens (tertiary/aromatic N) is 3. The summed E-state index contributed by atoms with van der Waals surface area (Å²) in [5.74, 6) is -0.0926. The Hall–Kier alpha value is -2.45. The molecule has 2 heterocycles. The third-order valence-electron chi connectivity index (χ3n) is 4.94. The molecule has 0 unspecified atom stereocenters. The molecule has 1 aromatic carbocycles. The van der Waals surface area contributed by atoms with Crippen LogP contribution in [-0.2, 0) is 17.6 Å². The normalized spacial score (nSPS) is 16.6. The zero-order valence-electron chi connectivity index (χ0n) is 14.2. The summed E-state index contributed by atoms with van der Waals surface area (Å²) in [4.78, 5) is 20.3.